The average molecular weight is 408 g/mol. The van der Waals surface area contributed by atoms with Crippen molar-refractivity contribution in [3.05, 3.63) is 46.7 Å². The zero-order chi connectivity index (χ0) is 19.8. The minimum absolute atomic E-state index is 0.0368. The Morgan fingerprint density at radius 3 is 2.67 bits per heavy atom. The molecule has 142 valence electrons. The molecule has 0 unspecified atom stereocenters. The lowest BCUT2D eigenvalue weighted by atomic mass is 9.92. The van der Waals surface area contributed by atoms with Crippen LogP contribution in [-0.2, 0) is 21.6 Å². The Morgan fingerprint density at radius 2 is 2.07 bits per heavy atom. The summed E-state index contributed by atoms with van der Waals surface area (Å²) >= 11 is 5.94. The van der Waals surface area contributed by atoms with Crippen LogP contribution in [0.2, 0.25) is 5.02 Å². The highest BCUT2D eigenvalue weighted by atomic mass is 35.5. The lowest BCUT2D eigenvalue weighted by Gasteiger charge is -2.37. The van der Waals surface area contributed by atoms with Crippen molar-refractivity contribution in [2.75, 3.05) is 24.3 Å². The SMILES string of the molecule is Cn1cc(S(=O)(=O)CC2(C)COC2)cc1C(=O)Nc1cc(Cl)cc(C#N)c1. The van der Waals surface area contributed by atoms with Gasteiger partial charge in [0.2, 0.25) is 0 Å². The van der Waals surface area contributed by atoms with Crippen molar-refractivity contribution in [3.63, 3.8) is 0 Å². The maximum absolute atomic E-state index is 12.7. The summed E-state index contributed by atoms with van der Waals surface area (Å²) in [5.74, 6) is -0.534. The van der Waals surface area contributed by atoms with Crippen molar-refractivity contribution in [2.24, 2.45) is 12.5 Å². The van der Waals surface area contributed by atoms with Gasteiger partial charge in [0.15, 0.2) is 9.84 Å². The van der Waals surface area contributed by atoms with E-state index < -0.39 is 21.2 Å². The summed E-state index contributed by atoms with van der Waals surface area (Å²) in [6.45, 7) is 2.67. The van der Waals surface area contributed by atoms with Gasteiger partial charge in [0.05, 0.1) is 35.5 Å². The number of carbonyl (C=O) groups excluding carboxylic acids is 1. The van der Waals surface area contributed by atoms with E-state index in [-0.39, 0.29) is 16.3 Å². The van der Waals surface area contributed by atoms with Crippen molar-refractivity contribution >= 4 is 33.0 Å². The molecular formula is C18H18ClN3O4S. The minimum Gasteiger partial charge on any atom is -0.380 e. The molecule has 7 nitrogen and oxygen atoms in total. The Kier molecular flexibility index (Phi) is 5.04. The van der Waals surface area contributed by atoms with Gasteiger partial charge in [-0.2, -0.15) is 5.26 Å². The fourth-order valence-electron chi connectivity index (χ4n) is 2.93. The summed E-state index contributed by atoms with van der Waals surface area (Å²) in [6, 6.07) is 7.79. The molecule has 1 aliphatic rings. The third-order valence-corrected chi connectivity index (χ3v) is 6.53. The third kappa shape index (κ3) is 4.16. The lowest BCUT2D eigenvalue weighted by molar-refractivity contribution is -0.0870. The molecule has 27 heavy (non-hydrogen) atoms. The predicted molar refractivity (Wildman–Crippen MR) is 101 cm³/mol. The van der Waals surface area contributed by atoms with E-state index in [1.165, 1.54) is 35.0 Å². The fourth-order valence-corrected chi connectivity index (χ4v) is 5.02. The smallest absolute Gasteiger partial charge is 0.272 e. The summed E-state index contributed by atoms with van der Waals surface area (Å²) in [5, 5.41) is 11.9. The number of benzene rings is 1. The van der Waals surface area contributed by atoms with E-state index in [4.69, 9.17) is 21.6 Å². The topological polar surface area (TPSA) is 101 Å². The van der Waals surface area contributed by atoms with Crippen LogP contribution in [0, 0.1) is 16.7 Å². The standard InChI is InChI=1S/C18H18ClN3O4S/c1-18(9-26-10-18)11-27(24,25)15-6-16(22(2)8-15)17(23)21-14-4-12(7-20)3-13(19)5-14/h3-6,8H,9-11H2,1-2H3,(H,21,23). The van der Waals surface area contributed by atoms with E-state index in [9.17, 15) is 13.2 Å². The van der Waals surface area contributed by atoms with Crippen molar-refractivity contribution in [1.82, 2.24) is 4.57 Å². The molecule has 1 aliphatic heterocycles. The normalized spacial score (nSPS) is 15.6. The highest BCUT2D eigenvalue weighted by molar-refractivity contribution is 7.91. The van der Waals surface area contributed by atoms with Gasteiger partial charge in [0.25, 0.3) is 5.91 Å². The molecule has 2 aromatic rings. The third-order valence-electron chi connectivity index (χ3n) is 4.30. The number of rotatable bonds is 5. The summed E-state index contributed by atoms with van der Waals surface area (Å²) in [5.41, 5.74) is 0.450. The zero-order valence-corrected chi connectivity index (χ0v) is 16.4. The van der Waals surface area contributed by atoms with Crippen LogP contribution in [0.25, 0.3) is 0 Å². The molecule has 0 spiro atoms. The highest BCUT2D eigenvalue weighted by Crippen LogP contribution is 2.31. The van der Waals surface area contributed by atoms with Gasteiger partial charge < -0.3 is 14.6 Å². The molecule has 1 fully saturated rings. The Hall–Kier alpha value is -2.34. The number of aryl methyl sites for hydroxylation is 1. The first-order valence-corrected chi connectivity index (χ1v) is 10.1. The van der Waals surface area contributed by atoms with Crippen LogP contribution in [0.3, 0.4) is 0 Å². The molecule has 3 rings (SSSR count). The molecular weight excluding hydrogens is 390 g/mol. The van der Waals surface area contributed by atoms with E-state index in [0.29, 0.717) is 29.5 Å². The number of sulfone groups is 1. The van der Waals surface area contributed by atoms with Gasteiger partial charge in [0, 0.05) is 29.4 Å². The quantitative estimate of drug-likeness (QED) is 0.820. The van der Waals surface area contributed by atoms with Crippen LogP contribution in [0.4, 0.5) is 5.69 Å². The number of nitrogens with zero attached hydrogens (tertiary/aromatic N) is 2. The molecule has 0 atom stereocenters. The van der Waals surface area contributed by atoms with E-state index in [0.717, 1.165) is 0 Å². The number of hydrogen-bond donors (Lipinski definition) is 1. The van der Waals surface area contributed by atoms with Gasteiger partial charge in [-0.25, -0.2) is 8.42 Å². The van der Waals surface area contributed by atoms with Gasteiger partial charge in [-0.05, 0) is 24.3 Å². The molecule has 0 bridgehead atoms. The van der Waals surface area contributed by atoms with Crippen molar-refractivity contribution in [1.29, 1.82) is 5.26 Å². The number of ether oxygens (including phenoxy) is 1. The molecule has 1 amide bonds. The molecule has 0 saturated carbocycles. The first kappa shape index (κ1) is 19.4. The van der Waals surface area contributed by atoms with Gasteiger partial charge in [-0.3, -0.25) is 4.79 Å². The Morgan fingerprint density at radius 1 is 1.37 bits per heavy atom. The van der Waals surface area contributed by atoms with Gasteiger partial charge in [-0.1, -0.05) is 18.5 Å². The minimum atomic E-state index is -3.55. The second-order valence-electron chi connectivity index (χ2n) is 7.03. The molecule has 0 aliphatic carbocycles. The van der Waals surface area contributed by atoms with Gasteiger partial charge >= 0.3 is 0 Å². The zero-order valence-electron chi connectivity index (χ0n) is 14.8. The number of hydrogen-bond acceptors (Lipinski definition) is 5. The van der Waals surface area contributed by atoms with Crippen LogP contribution in [0.5, 0.6) is 0 Å². The van der Waals surface area contributed by atoms with Crippen LogP contribution >= 0.6 is 11.6 Å². The summed E-state index contributed by atoms with van der Waals surface area (Å²) < 4.78 is 31.9. The van der Waals surface area contributed by atoms with Crippen molar-refractivity contribution < 1.29 is 17.9 Å². The number of amides is 1. The van der Waals surface area contributed by atoms with E-state index >= 15 is 0 Å². The second kappa shape index (κ2) is 7.00. The number of nitrogens with one attached hydrogen (secondary N) is 1. The fraction of sp³-hybridized carbons (Fsp3) is 0.333. The van der Waals surface area contributed by atoms with Gasteiger partial charge in [0.1, 0.15) is 5.69 Å². The maximum atomic E-state index is 12.7. The van der Waals surface area contributed by atoms with Crippen LogP contribution in [0.15, 0.2) is 35.4 Å². The summed E-state index contributed by atoms with van der Waals surface area (Å²) in [6.07, 6.45) is 1.42. The molecule has 9 heteroatoms. The Bertz CT molecular complexity index is 1050. The summed E-state index contributed by atoms with van der Waals surface area (Å²) in [7, 11) is -1.95. The Balaban J connectivity index is 1.83. The number of anilines is 1. The number of nitriles is 1. The number of carbonyl (C=O) groups is 1. The van der Waals surface area contributed by atoms with E-state index in [1.54, 1.807) is 7.05 Å². The molecule has 1 N–H and O–H groups in total. The van der Waals surface area contributed by atoms with E-state index in [2.05, 4.69) is 5.32 Å². The van der Waals surface area contributed by atoms with Crippen LogP contribution < -0.4 is 5.32 Å². The average Bonchev–Trinajstić information content (AvgIpc) is 2.95. The number of aromatic nitrogens is 1. The molecule has 1 aromatic carbocycles. The first-order valence-electron chi connectivity index (χ1n) is 8.11. The highest BCUT2D eigenvalue weighted by Gasteiger charge is 2.39. The number of halogens is 1. The first-order chi connectivity index (χ1) is 12.6. The van der Waals surface area contributed by atoms with Gasteiger partial charge in [-0.15, -0.1) is 0 Å². The van der Waals surface area contributed by atoms with Crippen LogP contribution in [-0.4, -0.2) is 37.9 Å². The predicted octanol–water partition coefficient (Wildman–Crippen LogP) is 2.61. The second-order valence-corrected chi connectivity index (χ2v) is 9.46. The monoisotopic (exact) mass is 407 g/mol. The van der Waals surface area contributed by atoms with Crippen LogP contribution in [0.1, 0.15) is 23.0 Å². The van der Waals surface area contributed by atoms with Crippen molar-refractivity contribution in [3.8, 4) is 6.07 Å². The molecule has 1 saturated heterocycles. The molecule has 1 aromatic heterocycles. The van der Waals surface area contributed by atoms with Crippen molar-refractivity contribution in [2.45, 2.75) is 11.8 Å². The van der Waals surface area contributed by atoms with E-state index in [1.807, 2.05) is 13.0 Å². The summed E-state index contributed by atoms with van der Waals surface area (Å²) in [4.78, 5) is 12.7. The molecule has 2 heterocycles. The lowest BCUT2D eigenvalue weighted by Crippen LogP contribution is -2.45. The maximum Gasteiger partial charge on any atom is 0.272 e. The molecule has 0 radical (unpaired) electrons. The Labute approximate surface area is 162 Å². The largest absolute Gasteiger partial charge is 0.380 e.